The van der Waals surface area contributed by atoms with Crippen LogP contribution in [0.25, 0.3) is 6.08 Å². The van der Waals surface area contributed by atoms with Crippen LogP contribution in [-0.2, 0) is 0 Å². The summed E-state index contributed by atoms with van der Waals surface area (Å²) in [4.78, 5) is 19.2. The van der Waals surface area contributed by atoms with E-state index in [1.54, 1.807) is 19.3 Å². The van der Waals surface area contributed by atoms with E-state index in [1.807, 2.05) is 29.2 Å². The molecular formula is C21H23N3O2. The molecule has 3 heterocycles. The monoisotopic (exact) mass is 349 g/mol. The van der Waals surface area contributed by atoms with Crippen LogP contribution in [0.3, 0.4) is 0 Å². The molecule has 4 rings (SSSR count). The molecule has 5 heteroatoms. The molecular weight excluding hydrogens is 326 g/mol. The number of ether oxygens (including phenoxy) is 1. The van der Waals surface area contributed by atoms with Crippen LogP contribution in [0, 0.1) is 0 Å². The predicted molar refractivity (Wildman–Crippen MR) is 102 cm³/mol. The number of benzene rings is 1. The van der Waals surface area contributed by atoms with Gasteiger partial charge in [-0.05, 0) is 37.1 Å². The normalized spacial score (nSPS) is 21.7. The van der Waals surface area contributed by atoms with Crippen molar-refractivity contribution in [2.75, 3.05) is 25.5 Å². The highest BCUT2D eigenvalue weighted by Crippen LogP contribution is 2.37. The number of nitrogens with zero attached hydrogens (tertiary/aromatic N) is 2. The number of anilines is 1. The highest BCUT2D eigenvalue weighted by atomic mass is 16.5. The van der Waals surface area contributed by atoms with Gasteiger partial charge in [-0.25, -0.2) is 4.98 Å². The van der Waals surface area contributed by atoms with Crippen LogP contribution < -0.4 is 10.1 Å². The van der Waals surface area contributed by atoms with Crippen LogP contribution in [-0.4, -0.2) is 41.5 Å². The Morgan fingerprint density at radius 1 is 1.19 bits per heavy atom. The van der Waals surface area contributed by atoms with Gasteiger partial charge in [0.25, 0.3) is 5.91 Å². The molecule has 2 aromatic rings. The zero-order chi connectivity index (χ0) is 18.0. The van der Waals surface area contributed by atoms with Crippen molar-refractivity contribution in [3.05, 3.63) is 59.8 Å². The molecule has 5 nitrogen and oxygen atoms in total. The minimum absolute atomic E-state index is 0.0275. The van der Waals surface area contributed by atoms with Gasteiger partial charge in [0.2, 0.25) is 0 Å². The first-order valence-corrected chi connectivity index (χ1v) is 9.10. The summed E-state index contributed by atoms with van der Waals surface area (Å²) in [5.41, 5.74) is 1.42. The van der Waals surface area contributed by atoms with Crippen LogP contribution in [0.15, 0.2) is 48.7 Å². The van der Waals surface area contributed by atoms with Crippen LogP contribution in [0.4, 0.5) is 5.82 Å². The molecule has 2 aliphatic rings. The fourth-order valence-electron chi connectivity index (χ4n) is 3.76. The minimum atomic E-state index is -0.315. The third-order valence-corrected chi connectivity index (χ3v) is 5.19. The van der Waals surface area contributed by atoms with E-state index in [4.69, 9.17) is 4.74 Å². The lowest BCUT2D eigenvalue weighted by atomic mass is 9.91. The minimum Gasteiger partial charge on any atom is -0.483 e. The molecule has 1 saturated heterocycles. The number of carbonyl (C=O) groups excluding carboxylic acids is 1. The molecule has 0 unspecified atom stereocenters. The zero-order valence-corrected chi connectivity index (χ0v) is 14.9. The van der Waals surface area contributed by atoms with Crippen molar-refractivity contribution in [2.45, 2.75) is 24.9 Å². The van der Waals surface area contributed by atoms with E-state index >= 15 is 0 Å². The second-order valence-electron chi connectivity index (χ2n) is 6.83. The van der Waals surface area contributed by atoms with Gasteiger partial charge in [0.05, 0.1) is 5.56 Å². The topological polar surface area (TPSA) is 54.5 Å². The van der Waals surface area contributed by atoms with E-state index in [1.165, 1.54) is 0 Å². The van der Waals surface area contributed by atoms with Crippen molar-refractivity contribution in [1.29, 1.82) is 0 Å². The molecule has 134 valence electrons. The lowest BCUT2D eigenvalue weighted by Gasteiger charge is -2.34. The molecule has 1 atom stereocenters. The largest absolute Gasteiger partial charge is 0.483 e. The molecule has 0 aliphatic carbocycles. The van der Waals surface area contributed by atoms with E-state index in [0.717, 1.165) is 37.1 Å². The smallest absolute Gasteiger partial charge is 0.257 e. The van der Waals surface area contributed by atoms with Gasteiger partial charge in [-0.2, -0.15) is 0 Å². The quantitative estimate of drug-likeness (QED) is 0.900. The molecule has 1 aromatic carbocycles. The number of likely N-dealkylation sites (tertiary alicyclic amines) is 1. The fraction of sp³-hybridized carbons (Fsp3) is 0.333. The second-order valence-corrected chi connectivity index (χ2v) is 6.83. The number of nitrogens with one attached hydrogen (secondary N) is 1. The SMILES string of the molecule is CNc1ncccc1C(=O)N1CCC[C@]2(C=Cc3ccccc3O2)CC1. The molecule has 2 aliphatic heterocycles. The lowest BCUT2D eigenvalue weighted by Crippen LogP contribution is -2.38. The Balaban J connectivity index is 1.52. The summed E-state index contributed by atoms with van der Waals surface area (Å²) in [5, 5.41) is 3.00. The maximum Gasteiger partial charge on any atom is 0.257 e. The maximum absolute atomic E-state index is 13.0. The summed E-state index contributed by atoms with van der Waals surface area (Å²) in [6, 6.07) is 11.7. The van der Waals surface area contributed by atoms with Crippen molar-refractivity contribution in [1.82, 2.24) is 9.88 Å². The molecule has 0 bridgehead atoms. The Bertz CT molecular complexity index is 849. The number of pyridine rings is 1. The van der Waals surface area contributed by atoms with E-state index in [-0.39, 0.29) is 11.5 Å². The molecule has 26 heavy (non-hydrogen) atoms. The lowest BCUT2D eigenvalue weighted by molar-refractivity contribution is 0.0731. The predicted octanol–water partition coefficient (Wildman–Crippen LogP) is 3.59. The first-order chi connectivity index (χ1) is 12.7. The first-order valence-electron chi connectivity index (χ1n) is 9.10. The number of hydrogen-bond acceptors (Lipinski definition) is 4. The highest BCUT2D eigenvalue weighted by Gasteiger charge is 2.36. The average Bonchev–Trinajstić information content (AvgIpc) is 2.90. The third-order valence-electron chi connectivity index (χ3n) is 5.19. The van der Waals surface area contributed by atoms with E-state index in [2.05, 4.69) is 28.5 Å². The Morgan fingerprint density at radius 2 is 2.08 bits per heavy atom. The number of carbonyl (C=O) groups is 1. The Morgan fingerprint density at radius 3 is 2.96 bits per heavy atom. The summed E-state index contributed by atoms with van der Waals surface area (Å²) in [6.07, 6.45) is 8.63. The third kappa shape index (κ3) is 3.05. The van der Waals surface area contributed by atoms with Crippen LogP contribution >= 0.6 is 0 Å². The van der Waals surface area contributed by atoms with Gasteiger partial charge in [-0.3, -0.25) is 4.79 Å². The standard InChI is InChI=1S/C21H23N3O2/c1-22-19-17(7-4-13-23-19)20(25)24-14-5-10-21(12-15-24)11-9-16-6-2-3-8-18(16)26-21/h2-4,6-9,11,13H,5,10,12,14-15H2,1H3,(H,22,23)/t21-/m0/s1. The molecule has 1 amide bonds. The Labute approximate surface area is 153 Å². The molecule has 1 aromatic heterocycles. The van der Waals surface area contributed by atoms with E-state index in [9.17, 15) is 4.79 Å². The van der Waals surface area contributed by atoms with Gasteiger partial charge in [0.1, 0.15) is 17.2 Å². The molecule has 0 saturated carbocycles. The van der Waals surface area contributed by atoms with Gasteiger partial charge in [0, 0.05) is 38.3 Å². The van der Waals surface area contributed by atoms with Crippen LogP contribution in [0.2, 0.25) is 0 Å². The summed E-state index contributed by atoms with van der Waals surface area (Å²) >= 11 is 0. The van der Waals surface area contributed by atoms with Crippen molar-refractivity contribution < 1.29 is 9.53 Å². The zero-order valence-electron chi connectivity index (χ0n) is 14.9. The average molecular weight is 349 g/mol. The summed E-state index contributed by atoms with van der Waals surface area (Å²) in [6.45, 7) is 1.40. The molecule has 0 radical (unpaired) electrons. The van der Waals surface area contributed by atoms with E-state index < -0.39 is 0 Å². The van der Waals surface area contributed by atoms with Gasteiger partial charge in [-0.15, -0.1) is 0 Å². The maximum atomic E-state index is 13.0. The second kappa shape index (κ2) is 6.83. The van der Waals surface area contributed by atoms with Gasteiger partial charge >= 0.3 is 0 Å². The van der Waals surface area contributed by atoms with Crippen molar-refractivity contribution in [3.8, 4) is 5.75 Å². The van der Waals surface area contributed by atoms with Crippen LogP contribution in [0.1, 0.15) is 35.2 Å². The number of fused-ring (bicyclic) bond motifs is 1. The van der Waals surface area contributed by atoms with Crippen molar-refractivity contribution in [2.24, 2.45) is 0 Å². The number of amides is 1. The fourth-order valence-corrected chi connectivity index (χ4v) is 3.76. The number of para-hydroxylation sites is 1. The van der Waals surface area contributed by atoms with Crippen molar-refractivity contribution >= 4 is 17.8 Å². The first kappa shape index (κ1) is 16.6. The van der Waals surface area contributed by atoms with Crippen molar-refractivity contribution in [3.63, 3.8) is 0 Å². The number of rotatable bonds is 2. The van der Waals surface area contributed by atoms with Crippen LogP contribution in [0.5, 0.6) is 5.75 Å². The highest BCUT2D eigenvalue weighted by molar-refractivity contribution is 5.98. The van der Waals surface area contributed by atoms with Gasteiger partial charge < -0.3 is 15.0 Å². The molecule has 1 N–H and O–H groups in total. The Hall–Kier alpha value is -2.82. The summed E-state index contributed by atoms with van der Waals surface area (Å²) < 4.78 is 6.37. The number of aromatic nitrogens is 1. The van der Waals surface area contributed by atoms with E-state index in [0.29, 0.717) is 17.9 Å². The number of hydrogen-bond donors (Lipinski definition) is 1. The molecule has 1 spiro atoms. The van der Waals surface area contributed by atoms with Gasteiger partial charge in [0.15, 0.2) is 0 Å². The van der Waals surface area contributed by atoms with Gasteiger partial charge in [-0.1, -0.05) is 24.3 Å². The Kier molecular flexibility index (Phi) is 4.37. The summed E-state index contributed by atoms with van der Waals surface area (Å²) in [7, 11) is 1.79. The summed E-state index contributed by atoms with van der Waals surface area (Å²) in [5.74, 6) is 1.58. The molecule has 1 fully saturated rings.